The third-order valence-electron chi connectivity index (χ3n) is 1.39. The number of carbonyl (C=O) groups is 1. The maximum Gasteiger partial charge on any atom is 0.371 e. The van der Waals surface area contributed by atoms with E-state index in [1.54, 1.807) is 0 Å². The van der Waals surface area contributed by atoms with Crippen molar-refractivity contribution in [3.8, 4) is 0 Å². The van der Waals surface area contributed by atoms with Gasteiger partial charge >= 0.3 is 5.97 Å². The van der Waals surface area contributed by atoms with Crippen LogP contribution >= 0.6 is 15.9 Å². The van der Waals surface area contributed by atoms with E-state index in [0.29, 0.717) is 10.4 Å². The van der Waals surface area contributed by atoms with Crippen LogP contribution in [0.15, 0.2) is 15.0 Å². The molecule has 78 valence electrons. The molecular weight excluding hydrogens is 250 g/mol. The van der Waals surface area contributed by atoms with Gasteiger partial charge in [-0.25, -0.2) is 4.79 Å². The van der Waals surface area contributed by atoms with Crippen LogP contribution in [-0.4, -0.2) is 16.6 Å². The molecule has 0 fully saturated rings. The van der Waals surface area contributed by atoms with Crippen LogP contribution in [0.4, 0.5) is 5.88 Å². The van der Waals surface area contributed by atoms with Gasteiger partial charge in [-0.05, 0) is 36.7 Å². The van der Waals surface area contributed by atoms with Gasteiger partial charge in [0.1, 0.15) is 0 Å². The van der Waals surface area contributed by atoms with E-state index in [-0.39, 0.29) is 11.3 Å². The zero-order chi connectivity index (χ0) is 10.9. The first kappa shape index (κ1) is 11.1. The Morgan fingerprint density at radius 3 is 2.50 bits per heavy atom. The largest absolute Gasteiger partial charge is 0.475 e. The predicted octanol–water partition coefficient (Wildman–Crippen LogP) is 2.95. The van der Waals surface area contributed by atoms with E-state index in [1.165, 1.54) is 6.07 Å². The van der Waals surface area contributed by atoms with Gasteiger partial charge in [0.2, 0.25) is 11.6 Å². The number of hydrogen-bond acceptors (Lipinski definition) is 3. The Morgan fingerprint density at radius 2 is 2.14 bits per heavy atom. The van der Waals surface area contributed by atoms with Crippen LogP contribution < -0.4 is 5.32 Å². The number of halogens is 1. The summed E-state index contributed by atoms with van der Waals surface area (Å²) in [6, 6.07) is 1.43. The first-order valence-electron chi connectivity index (χ1n) is 4.10. The zero-order valence-corrected chi connectivity index (χ0v) is 9.81. The number of carboxylic acids is 1. The van der Waals surface area contributed by atoms with Crippen molar-refractivity contribution in [1.82, 2.24) is 0 Å². The van der Waals surface area contributed by atoms with Crippen LogP contribution in [0.3, 0.4) is 0 Å². The van der Waals surface area contributed by atoms with Crippen molar-refractivity contribution in [2.45, 2.75) is 26.3 Å². The lowest BCUT2D eigenvalue weighted by molar-refractivity contribution is 0.0663. The van der Waals surface area contributed by atoms with Crippen molar-refractivity contribution in [3.63, 3.8) is 0 Å². The van der Waals surface area contributed by atoms with Gasteiger partial charge in [-0.1, -0.05) is 0 Å². The molecule has 14 heavy (non-hydrogen) atoms. The fraction of sp³-hybridized carbons (Fsp3) is 0.444. The van der Waals surface area contributed by atoms with Crippen molar-refractivity contribution in [1.29, 1.82) is 0 Å². The molecule has 0 radical (unpaired) electrons. The molecule has 1 aromatic heterocycles. The Kier molecular flexibility index (Phi) is 2.89. The SMILES string of the molecule is CC(C)(C)Nc1oc(C(=O)O)cc1Br. The fourth-order valence-corrected chi connectivity index (χ4v) is 1.29. The number of aromatic carboxylic acids is 1. The number of rotatable bonds is 2. The minimum atomic E-state index is -1.08. The van der Waals surface area contributed by atoms with Crippen molar-refractivity contribution < 1.29 is 14.3 Å². The van der Waals surface area contributed by atoms with E-state index in [4.69, 9.17) is 9.52 Å². The minimum absolute atomic E-state index is 0.0800. The topological polar surface area (TPSA) is 62.5 Å². The van der Waals surface area contributed by atoms with Gasteiger partial charge in [0.25, 0.3) is 0 Å². The molecule has 0 saturated carbocycles. The molecular formula is C9H12BrNO3. The van der Waals surface area contributed by atoms with Gasteiger partial charge < -0.3 is 14.8 Å². The Balaban J connectivity index is 2.94. The van der Waals surface area contributed by atoms with Crippen LogP contribution in [0, 0.1) is 0 Å². The molecule has 1 aromatic rings. The molecule has 1 heterocycles. The van der Waals surface area contributed by atoms with Crippen LogP contribution in [-0.2, 0) is 0 Å². The molecule has 2 N–H and O–H groups in total. The lowest BCUT2D eigenvalue weighted by atomic mass is 10.1. The summed E-state index contributed by atoms with van der Waals surface area (Å²) in [6.45, 7) is 5.88. The summed E-state index contributed by atoms with van der Waals surface area (Å²) in [7, 11) is 0. The highest BCUT2D eigenvalue weighted by atomic mass is 79.9. The number of nitrogens with one attached hydrogen (secondary N) is 1. The molecule has 0 unspecified atom stereocenters. The first-order valence-corrected chi connectivity index (χ1v) is 4.90. The van der Waals surface area contributed by atoms with Crippen LogP contribution in [0.5, 0.6) is 0 Å². The number of carboxylic acid groups (broad SMARTS) is 1. The molecule has 0 amide bonds. The summed E-state index contributed by atoms with van der Waals surface area (Å²) < 4.78 is 5.71. The van der Waals surface area contributed by atoms with Gasteiger partial charge in [0, 0.05) is 11.6 Å². The minimum Gasteiger partial charge on any atom is -0.475 e. The molecule has 0 atom stereocenters. The second kappa shape index (κ2) is 3.65. The van der Waals surface area contributed by atoms with E-state index in [2.05, 4.69) is 21.2 Å². The molecule has 0 aliphatic heterocycles. The normalized spacial score (nSPS) is 11.4. The highest BCUT2D eigenvalue weighted by Gasteiger charge is 2.18. The fourth-order valence-electron chi connectivity index (χ4n) is 0.900. The Morgan fingerprint density at radius 1 is 1.57 bits per heavy atom. The van der Waals surface area contributed by atoms with E-state index in [1.807, 2.05) is 20.8 Å². The van der Waals surface area contributed by atoms with Gasteiger partial charge in [-0.15, -0.1) is 0 Å². The molecule has 4 nitrogen and oxygen atoms in total. The lowest BCUT2D eigenvalue weighted by Gasteiger charge is -2.19. The Labute approximate surface area is 90.4 Å². The molecule has 0 spiro atoms. The summed E-state index contributed by atoms with van der Waals surface area (Å²) in [5, 5.41) is 11.7. The summed E-state index contributed by atoms with van der Waals surface area (Å²) in [5.41, 5.74) is -0.170. The molecule has 0 bridgehead atoms. The third kappa shape index (κ3) is 2.77. The van der Waals surface area contributed by atoms with Gasteiger partial charge in [-0.3, -0.25) is 0 Å². The standard InChI is InChI=1S/C9H12BrNO3/c1-9(2,3)11-7-5(10)4-6(14-7)8(12)13/h4,11H,1-3H3,(H,12,13). The van der Waals surface area contributed by atoms with Gasteiger partial charge in [0.05, 0.1) is 4.47 Å². The van der Waals surface area contributed by atoms with Crippen LogP contribution in [0.25, 0.3) is 0 Å². The number of furan rings is 1. The summed E-state index contributed by atoms with van der Waals surface area (Å²) in [5.74, 6) is -0.716. The smallest absolute Gasteiger partial charge is 0.371 e. The summed E-state index contributed by atoms with van der Waals surface area (Å²) in [4.78, 5) is 10.6. The maximum absolute atomic E-state index is 10.6. The molecule has 0 aliphatic rings. The van der Waals surface area contributed by atoms with Gasteiger partial charge in [-0.2, -0.15) is 0 Å². The monoisotopic (exact) mass is 261 g/mol. The van der Waals surface area contributed by atoms with E-state index in [9.17, 15) is 4.79 Å². The molecule has 0 saturated heterocycles. The lowest BCUT2D eigenvalue weighted by Crippen LogP contribution is -2.25. The molecule has 5 heteroatoms. The Hall–Kier alpha value is -0.970. The quantitative estimate of drug-likeness (QED) is 0.860. The first-order chi connectivity index (χ1) is 6.29. The van der Waals surface area contributed by atoms with Gasteiger partial charge in [0.15, 0.2) is 0 Å². The van der Waals surface area contributed by atoms with E-state index in [0.717, 1.165) is 0 Å². The average molecular weight is 262 g/mol. The third-order valence-corrected chi connectivity index (χ3v) is 1.98. The second-order valence-corrected chi connectivity index (χ2v) is 4.82. The molecule has 1 rings (SSSR count). The maximum atomic E-state index is 10.6. The highest BCUT2D eigenvalue weighted by molar-refractivity contribution is 9.10. The van der Waals surface area contributed by atoms with Crippen molar-refractivity contribution in [2.75, 3.05) is 5.32 Å². The predicted molar refractivity (Wildman–Crippen MR) is 56.7 cm³/mol. The van der Waals surface area contributed by atoms with Crippen LogP contribution in [0.1, 0.15) is 31.3 Å². The number of hydrogen-bond donors (Lipinski definition) is 2. The Bertz CT molecular complexity index is 351. The van der Waals surface area contributed by atoms with Crippen molar-refractivity contribution >= 4 is 27.8 Å². The molecule has 0 aromatic carbocycles. The summed E-state index contributed by atoms with van der Waals surface area (Å²) >= 11 is 3.22. The zero-order valence-electron chi connectivity index (χ0n) is 8.22. The number of anilines is 1. The van der Waals surface area contributed by atoms with Crippen molar-refractivity contribution in [2.24, 2.45) is 0 Å². The highest BCUT2D eigenvalue weighted by Crippen LogP contribution is 2.28. The summed E-state index contributed by atoms with van der Waals surface area (Å²) in [6.07, 6.45) is 0. The van der Waals surface area contributed by atoms with Crippen LogP contribution in [0.2, 0.25) is 0 Å². The molecule has 0 aliphatic carbocycles. The van der Waals surface area contributed by atoms with Crippen molar-refractivity contribution in [3.05, 3.63) is 16.3 Å². The van der Waals surface area contributed by atoms with E-state index >= 15 is 0 Å². The van der Waals surface area contributed by atoms with E-state index < -0.39 is 5.97 Å². The second-order valence-electron chi connectivity index (χ2n) is 3.97. The average Bonchev–Trinajstić information content (AvgIpc) is 2.29.